The van der Waals surface area contributed by atoms with Gasteiger partial charge in [0.05, 0.1) is 29.6 Å². The minimum atomic E-state index is -0.927. The molecule has 1 aliphatic rings. The molecule has 2 unspecified atom stereocenters. The number of H-pyrrole nitrogens is 1. The van der Waals surface area contributed by atoms with E-state index < -0.39 is 11.6 Å². The van der Waals surface area contributed by atoms with Gasteiger partial charge in [0, 0.05) is 18.5 Å². The number of aryl methyl sites for hydroxylation is 1. The van der Waals surface area contributed by atoms with Crippen molar-refractivity contribution in [3.8, 4) is 5.88 Å². The van der Waals surface area contributed by atoms with Gasteiger partial charge in [0.25, 0.3) is 0 Å². The molecule has 4 heterocycles. The van der Waals surface area contributed by atoms with Gasteiger partial charge in [0.15, 0.2) is 5.65 Å². The third kappa shape index (κ3) is 2.46. The summed E-state index contributed by atoms with van der Waals surface area (Å²) in [7, 11) is 1.56. The number of halogens is 1. The second-order valence-corrected chi connectivity index (χ2v) is 6.37. The van der Waals surface area contributed by atoms with Crippen molar-refractivity contribution in [2.24, 2.45) is 10.7 Å². The van der Waals surface area contributed by atoms with E-state index in [0.717, 1.165) is 5.56 Å². The SMILES string of the molecule is COc1ccc(C2(c3nc(C)nc4nc[nH]c34)C=C(Cl)C=NC2N)cn1. The Balaban J connectivity index is 2.05. The highest BCUT2D eigenvalue weighted by Crippen LogP contribution is 2.41. The first-order valence-electron chi connectivity index (χ1n) is 7.90. The Morgan fingerprint density at radius 1 is 1.27 bits per heavy atom. The fourth-order valence-electron chi connectivity index (χ4n) is 3.20. The first-order chi connectivity index (χ1) is 12.5. The standard InChI is InChI=1S/C17H16ClN7O/c1-9-24-14(13-15(25-9)23-8-22-13)17(5-11(18)7-21-16(17)19)10-3-4-12(26-2)20-6-10/h3-8,16H,19H2,1-2H3,(H,22,23,24,25). The molecule has 3 aromatic heterocycles. The third-order valence-corrected chi connectivity index (χ3v) is 4.61. The molecule has 0 fully saturated rings. The van der Waals surface area contributed by atoms with Crippen molar-refractivity contribution in [3.05, 3.63) is 52.8 Å². The van der Waals surface area contributed by atoms with Gasteiger partial charge in [-0.05, 0) is 18.6 Å². The summed E-state index contributed by atoms with van der Waals surface area (Å²) in [4.78, 5) is 25.1. The van der Waals surface area contributed by atoms with Crippen LogP contribution < -0.4 is 10.5 Å². The van der Waals surface area contributed by atoms with E-state index in [0.29, 0.717) is 33.6 Å². The molecule has 0 bridgehead atoms. The molecule has 132 valence electrons. The molecule has 4 rings (SSSR count). The highest BCUT2D eigenvalue weighted by Gasteiger charge is 2.44. The van der Waals surface area contributed by atoms with Crippen LogP contribution in [-0.2, 0) is 5.41 Å². The maximum absolute atomic E-state index is 6.47. The maximum atomic E-state index is 6.47. The first-order valence-corrected chi connectivity index (χ1v) is 8.28. The lowest BCUT2D eigenvalue weighted by Crippen LogP contribution is -2.46. The molecule has 8 nitrogen and oxygen atoms in total. The number of pyridine rings is 1. The van der Waals surface area contributed by atoms with Crippen LogP contribution in [0.2, 0.25) is 0 Å². The number of allylic oxidation sites excluding steroid dienone is 1. The van der Waals surface area contributed by atoms with E-state index >= 15 is 0 Å². The van der Waals surface area contributed by atoms with E-state index in [-0.39, 0.29) is 0 Å². The zero-order valence-corrected chi connectivity index (χ0v) is 14.9. The number of aromatic amines is 1. The molecule has 0 aliphatic carbocycles. The number of imidazole rings is 1. The van der Waals surface area contributed by atoms with Crippen LogP contribution in [0.3, 0.4) is 0 Å². The zero-order chi connectivity index (χ0) is 18.3. The number of nitrogens with one attached hydrogen (secondary N) is 1. The van der Waals surface area contributed by atoms with Gasteiger partial charge in [-0.15, -0.1) is 0 Å². The van der Waals surface area contributed by atoms with Gasteiger partial charge >= 0.3 is 0 Å². The minimum absolute atomic E-state index is 0.464. The van der Waals surface area contributed by atoms with Gasteiger partial charge in [0.2, 0.25) is 5.88 Å². The molecule has 0 spiro atoms. The molecule has 0 saturated heterocycles. The van der Waals surface area contributed by atoms with Crippen molar-refractivity contribution in [1.29, 1.82) is 0 Å². The average molecular weight is 370 g/mol. The number of rotatable bonds is 3. The molecule has 26 heavy (non-hydrogen) atoms. The lowest BCUT2D eigenvalue weighted by molar-refractivity contribution is 0.396. The van der Waals surface area contributed by atoms with Gasteiger partial charge in [0.1, 0.15) is 17.5 Å². The molecule has 3 aromatic rings. The van der Waals surface area contributed by atoms with Crippen molar-refractivity contribution >= 4 is 29.0 Å². The Morgan fingerprint density at radius 2 is 2.12 bits per heavy atom. The van der Waals surface area contributed by atoms with E-state index in [1.165, 1.54) is 0 Å². The summed E-state index contributed by atoms with van der Waals surface area (Å²) in [5.41, 5.74) is 8.21. The number of ether oxygens (including phenoxy) is 1. The van der Waals surface area contributed by atoms with Crippen LogP contribution in [-0.4, -0.2) is 44.4 Å². The topological polar surface area (TPSA) is 115 Å². The number of nitrogens with two attached hydrogens (primary N) is 1. The summed E-state index contributed by atoms with van der Waals surface area (Å²) < 4.78 is 5.16. The van der Waals surface area contributed by atoms with Crippen LogP contribution in [0.25, 0.3) is 11.2 Å². The summed E-state index contributed by atoms with van der Waals surface area (Å²) in [6.45, 7) is 1.81. The summed E-state index contributed by atoms with van der Waals surface area (Å²) in [5, 5.41) is 0.464. The third-order valence-electron chi connectivity index (χ3n) is 4.40. The number of methoxy groups -OCH3 is 1. The van der Waals surface area contributed by atoms with E-state index in [1.54, 1.807) is 38.8 Å². The van der Waals surface area contributed by atoms with Gasteiger partial charge < -0.3 is 15.5 Å². The molecular weight excluding hydrogens is 354 g/mol. The van der Waals surface area contributed by atoms with Gasteiger partial charge in [-0.3, -0.25) is 4.99 Å². The predicted octanol–water partition coefficient (Wildman–Crippen LogP) is 1.84. The molecule has 0 amide bonds. The number of aromatic nitrogens is 5. The highest BCUT2D eigenvalue weighted by atomic mass is 35.5. The zero-order valence-electron chi connectivity index (χ0n) is 14.1. The average Bonchev–Trinajstić information content (AvgIpc) is 3.11. The van der Waals surface area contributed by atoms with Crippen molar-refractivity contribution in [2.75, 3.05) is 7.11 Å². The van der Waals surface area contributed by atoms with Crippen LogP contribution in [0.5, 0.6) is 5.88 Å². The van der Waals surface area contributed by atoms with Crippen molar-refractivity contribution in [2.45, 2.75) is 18.5 Å². The molecular formula is C17H16ClN7O. The first kappa shape index (κ1) is 16.6. The quantitative estimate of drug-likeness (QED) is 0.727. The Morgan fingerprint density at radius 3 is 2.85 bits per heavy atom. The summed E-state index contributed by atoms with van der Waals surface area (Å²) in [6.07, 6.45) is 6.00. The van der Waals surface area contributed by atoms with Crippen LogP contribution in [0.1, 0.15) is 17.1 Å². The van der Waals surface area contributed by atoms with Gasteiger partial charge in [-0.1, -0.05) is 17.7 Å². The lowest BCUT2D eigenvalue weighted by Gasteiger charge is -2.36. The fraction of sp³-hybridized carbons (Fsp3) is 0.235. The second-order valence-electron chi connectivity index (χ2n) is 5.93. The molecule has 0 radical (unpaired) electrons. The van der Waals surface area contributed by atoms with E-state index in [9.17, 15) is 0 Å². The Labute approximate surface area is 154 Å². The molecule has 3 N–H and O–H groups in total. The largest absolute Gasteiger partial charge is 0.481 e. The fourth-order valence-corrected chi connectivity index (χ4v) is 3.42. The number of nitrogens with zero attached hydrogens (tertiary/aromatic N) is 5. The molecule has 0 aromatic carbocycles. The summed E-state index contributed by atoms with van der Waals surface area (Å²) in [5.74, 6) is 1.07. The van der Waals surface area contributed by atoms with Crippen molar-refractivity contribution in [1.82, 2.24) is 24.9 Å². The predicted molar refractivity (Wildman–Crippen MR) is 98.4 cm³/mol. The smallest absolute Gasteiger partial charge is 0.212 e. The highest BCUT2D eigenvalue weighted by molar-refractivity contribution is 6.39. The minimum Gasteiger partial charge on any atom is -0.481 e. The number of aliphatic imine (C=N–C) groups is 1. The van der Waals surface area contributed by atoms with Gasteiger partial charge in [-0.2, -0.15) is 0 Å². The number of fused-ring (bicyclic) bond motifs is 1. The van der Waals surface area contributed by atoms with Gasteiger partial charge in [-0.25, -0.2) is 19.9 Å². The molecule has 1 aliphatic heterocycles. The van der Waals surface area contributed by atoms with Crippen molar-refractivity contribution in [3.63, 3.8) is 0 Å². The summed E-state index contributed by atoms with van der Waals surface area (Å²) >= 11 is 6.33. The van der Waals surface area contributed by atoms with E-state index in [2.05, 4.69) is 29.9 Å². The Kier molecular flexibility index (Phi) is 3.93. The van der Waals surface area contributed by atoms with Crippen LogP contribution in [0, 0.1) is 6.92 Å². The number of hydrogen-bond acceptors (Lipinski definition) is 7. The maximum Gasteiger partial charge on any atom is 0.212 e. The monoisotopic (exact) mass is 369 g/mol. The van der Waals surface area contributed by atoms with Crippen molar-refractivity contribution < 1.29 is 4.74 Å². The van der Waals surface area contributed by atoms with Crippen LogP contribution >= 0.6 is 11.6 Å². The Bertz CT molecular complexity index is 1030. The number of hydrogen-bond donors (Lipinski definition) is 2. The van der Waals surface area contributed by atoms with Crippen LogP contribution in [0.4, 0.5) is 0 Å². The van der Waals surface area contributed by atoms with E-state index in [1.807, 2.05) is 12.1 Å². The molecule has 2 atom stereocenters. The molecule has 9 heteroatoms. The Hall–Kier alpha value is -2.84. The number of dihydropyridines is 1. The van der Waals surface area contributed by atoms with Crippen LogP contribution in [0.15, 0.2) is 40.8 Å². The van der Waals surface area contributed by atoms with E-state index in [4.69, 9.17) is 22.1 Å². The normalized spacial score (nSPS) is 22.5. The second kappa shape index (κ2) is 6.15. The lowest BCUT2D eigenvalue weighted by atomic mass is 9.73. The summed E-state index contributed by atoms with van der Waals surface area (Å²) in [6, 6.07) is 3.65. The molecule has 0 saturated carbocycles.